The highest BCUT2D eigenvalue weighted by atomic mass is 19.3. The molecule has 0 aliphatic heterocycles. The van der Waals surface area contributed by atoms with E-state index in [0.717, 1.165) is 28.7 Å². The Bertz CT molecular complexity index is 1270. The number of benzene rings is 2. The van der Waals surface area contributed by atoms with Crippen molar-refractivity contribution in [3.8, 4) is 28.3 Å². The Balaban J connectivity index is 1.73. The Kier molecular flexibility index (Phi) is 6.25. The Morgan fingerprint density at radius 1 is 1.12 bits per heavy atom. The number of hydrogen-bond donors (Lipinski definition) is 1. The lowest BCUT2D eigenvalue weighted by Gasteiger charge is -2.16. The van der Waals surface area contributed by atoms with E-state index >= 15 is 0 Å². The van der Waals surface area contributed by atoms with Crippen molar-refractivity contribution in [3.63, 3.8) is 0 Å². The summed E-state index contributed by atoms with van der Waals surface area (Å²) in [6, 6.07) is 9.19. The molecule has 0 radical (unpaired) electrons. The first-order chi connectivity index (χ1) is 15.9. The summed E-state index contributed by atoms with van der Waals surface area (Å²) >= 11 is 0. The van der Waals surface area contributed by atoms with Crippen LogP contribution in [0.15, 0.2) is 49.1 Å². The fourth-order valence-corrected chi connectivity index (χ4v) is 3.60. The zero-order chi connectivity index (χ0) is 23.5. The van der Waals surface area contributed by atoms with Gasteiger partial charge in [-0.05, 0) is 24.6 Å². The number of amides is 1. The van der Waals surface area contributed by atoms with Crippen molar-refractivity contribution in [1.82, 2.24) is 24.6 Å². The number of methoxy groups -OCH3 is 2. The van der Waals surface area contributed by atoms with Crippen LogP contribution in [0.1, 0.15) is 17.3 Å². The number of carbonyl (C=O) groups excluding carboxylic acids is 1. The summed E-state index contributed by atoms with van der Waals surface area (Å²) in [5.74, 6) is -0.313. The number of hydrogen-bond acceptors (Lipinski definition) is 5. The zero-order valence-electron chi connectivity index (χ0n) is 18.4. The van der Waals surface area contributed by atoms with Gasteiger partial charge in [0.25, 0.3) is 12.3 Å². The quantitative estimate of drug-likeness (QED) is 0.436. The number of carbonyl (C=O) groups is 1. The summed E-state index contributed by atoms with van der Waals surface area (Å²) in [6.45, 7) is 2.05. The molecular formula is C23H23F2N5O3. The van der Waals surface area contributed by atoms with Crippen molar-refractivity contribution in [2.45, 2.75) is 19.9 Å². The molecule has 0 unspecified atom stereocenters. The van der Waals surface area contributed by atoms with E-state index in [9.17, 15) is 13.6 Å². The lowest BCUT2D eigenvalue weighted by atomic mass is 10.1. The van der Waals surface area contributed by atoms with Crippen LogP contribution < -0.4 is 14.8 Å². The van der Waals surface area contributed by atoms with Crippen LogP contribution in [0.4, 0.5) is 8.78 Å². The largest absolute Gasteiger partial charge is 0.496 e. The van der Waals surface area contributed by atoms with E-state index in [1.807, 2.05) is 46.8 Å². The van der Waals surface area contributed by atoms with Crippen molar-refractivity contribution in [2.75, 3.05) is 20.8 Å². The van der Waals surface area contributed by atoms with Crippen LogP contribution in [0.3, 0.4) is 0 Å². The molecule has 2 heterocycles. The molecule has 8 nitrogen and oxygen atoms in total. The minimum atomic E-state index is -2.66. The molecule has 2 aromatic heterocycles. The fraction of sp³-hybridized carbons (Fsp3) is 0.261. The summed E-state index contributed by atoms with van der Waals surface area (Å²) in [7, 11) is 2.80. The molecule has 4 rings (SSSR count). The summed E-state index contributed by atoms with van der Waals surface area (Å²) < 4.78 is 39.5. The number of ether oxygens (including phenoxy) is 2. The highest BCUT2D eigenvalue weighted by molar-refractivity contribution is 6.00. The van der Waals surface area contributed by atoms with Gasteiger partial charge in [0.1, 0.15) is 23.4 Å². The first kappa shape index (κ1) is 22.3. The Morgan fingerprint density at radius 2 is 1.85 bits per heavy atom. The maximum absolute atomic E-state index is 12.5. The number of aryl methyl sites for hydroxylation is 1. The van der Waals surface area contributed by atoms with Gasteiger partial charge in [-0.15, -0.1) is 0 Å². The van der Waals surface area contributed by atoms with E-state index < -0.39 is 18.9 Å². The van der Waals surface area contributed by atoms with Gasteiger partial charge in [-0.2, -0.15) is 5.10 Å². The molecule has 0 aliphatic rings. The number of fused-ring (bicyclic) bond motifs is 1. The maximum atomic E-state index is 12.5. The van der Waals surface area contributed by atoms with Crippen molar-refractivity contribution < 1.29 is 23.0 Å². The van der Waals surface area contributed by atoms with E-state index in [2.05, 4.69) is 15.4 Å². The maximum Gasteiger partial charge on any atom is 0.259 e. The molecule has 1 amide bonds. The third-order valence-electron chi connectivity index (χ3n) is 5.25. The summed E-state index contributed by atoms with van der Waals surface area (Å²) in [4.78, 5) is 17.0. The zero-order valence-corrected chi connectivity index (χ0v) is 18.4. The first-order valence-corrected chi connectivity index (χ1v) is 10.3. The van der Waals surface area contributed by atoms with Crippen LogP contribution in [0.5, 0.6) is 11.5 Å². The molecule has 0 aliphatic carbocycles. The second-order valence-electron chi connectivity index (χ2n) is 7.23. The minimum Gasteiger partial charge on any atom is -0.496 e. The summed E-state index contributed by atoms with van der Waals surface area (Å²) in [5.41, 5.74) is 4.28. The third kappa shape index (κ3) is 4.36. The number of nitrogens with one attached hydrogen (secondary N) is 1. The van der Waals surface area contributed by atoms with Crippen LogP contribution in [0.2, 0.25) is 0 Å². The molecule has 1 N–H and O–H groups in total. The lowest BCUT2D eigenvalue weighted by molar-refractivity contribution is 0.0885. The number of imidazole rings is 1. The smallest absolute Gasteiger partial charge is 0.259 e. The second-order valence-corrected chi connectivity index (χ2v) is 7.23. The van der Waals surface area contributed by atoms with Gasteiger partial charge in [-0.3, -0.25) is 14.0 Å². The van der Waals surface area contributed by atoms with E-state index in [4.69, 9.17) is 9.47 Å². The van der Waals surface area contributed by atoms with Gasteiger partial charge in [-0.1, -0.05) is 6.07 Å². The molecule has 2 aromatic carbocycles. The number of alkyl halides is 2. The van der Waals surface area contributed by atoms with Gasteiger partial charge in [-0.25, -0.2) is 13.8 Å². The van der Waals surface area contributed by atoms with Gasteiger partial charge in [0.05, 0.1) is 43.7 Å². The average Bonchev–Trinajstić information content (AvgIpc) is 3.48. The fourth-order valence-electron chi connectivity index (χ4n) is 3.60. The molecule has 0 saturated heterocycles. The number of rotatable bonds is 8. The predicted molar refractivity (Wildman–Crippen MR) is 119 cm³/mol. The highest BCUT2D eigenvalue weighted by Crippen LogP contribution is 2.34. The highest BCUT2D eigenvalue weighted by Gasteiger charge is 2.22. The summed E-state index contributed by atoms with van der Waals surface area (Å²) in [6.07, 6.45) is 2.79. The van der Waals surface area contributed by atoms with Gasteiger partial charge >= 0.3 is 0 Å². The molecule has 10 heteroatoms. The topological polar surface area (TPSA) is 83.2 Å². The van der Waals surface area contributed by atoms with Crippen molar-refractivity contribution in [2.24, 2.45) is 0 Å². The van der Waals surface area contributed by atoms with Crippen LogP contribution in [0, 0.1) is 0 Å². The minimum absolute atomic E-state index is 0.0454. The number of nitrogens with zero attached hydrogens (tertiary/aromatic N) is 4. The van der Waals surface area contributed by atoms with Crippen LogP contribution in [-0.2, 0) is 6.54 Å². The van der Waals surface area contributed by atoms with Crippen molar-refractivity contribution in [3.05, 3.63) is 54.6 Å². The van der Waals surface area contributed by atoms with E-state index in [1.54, 1.807) is 18.5 Å². The second kappa shape index (κ2) is 9.27. The number of aromatic nitrogens is 4. The molecule has 4 aromatic rings. The van der Waals surface area contributed by atoms with Gasteiger partial charge < -0.3 is 14.8 Å². The lowest BCUT2D eigenvalue weighted by Crippen LogP contribution is -2.29. The standard InChI is InChI=1S/C23H23F2N5O3/c1-4-29-12-15(10-28-29)14-5-6-18-17(7-14)27-13-30(18)16-8-19(32-2)22(20(9-16)33-3)23(31)26-11-21(24)25/h5-10,12-13,21H,4,11H2,1-3H3,(H,26,31). The SMILES string of the molecule is CCn1cc(-c2ccc3c(c2)ncn3-c2cc(OC)c(C(=O)NCC(F)F)c(OC)c2)cn1. The monoisotopic (exact) mass is 455 g/mol. The van der Waals surface area contributed by atoms with Crippen LogP contribution in [0.25, 0.3) is 27.8 Å². The predicted octanol–water partition coefficient (Wildman–Crippen LogP) is 3.92. The average molecular weight is 455 g/mol. The molecular weight excluding hydrogens is 432 g/mol. The molecule has 172 valence electrons. The Hall–Kier alpha value is -3.95. The van der Waals surface area contributed by atoms with Crippen molar-refractivity contribution >= 4 is 16.9 Å². The normalized spacial score (nSPS) is 11.2. The van der Waals surface area contributed by atoms with Gasteiger partial charge in [0, 0.05) is 30.4 Å². The molecule has 0 atom stereocenters. The van der Waals surface area contributed by atoms with Gasteiger partial charge in [0.2, 0.25) is 0 Å². The summed E-state index contributed by atoms with van der Waals surface area (Å²) in [5, 5.41) is 6.50. The van der Waals surface area contributed by atoms with Gasteiger partial charge in [0.15, 0.2) is 0 Å². The molecule has 0 saturated carbocycles. The Labute approximate surface area is 188 Å². The van der Waals surface area contributed by atoms with E-state index in [0.29, 0.717) is 5.69 Å². The van der Waals surface area contributed by atoms with E-state index in [1.165, 1.54) is 14.2 Å². The Morgan fingerprint density at radius 3 is 2.45 bits per heavy atom. The molecule has 0 spiro atoms. The molecule has 0 fully saturated rings. The third-order valence-corrected chi connectivity index (χ3v) is 5.25. The van der Waals surface area contributed by atoms with Crippen LogP contribution >= 0.6 is 0 Å². The molecule has 0 bridgehead atoms. The van der Waals surface area contributed by atoms with E-state index in [-0.39, 0.29) is 17.1 Å². The number of halogens is 2. The molecule has 33 heavy (non-hydrogen) atoms. The first-order valence-electron chi connectivity index (χ1n) is 10.3. The van der Waals surface area contributed by atoms with Crippen LogP contribution in [-0.4, -0.2) is 52.4 Å². The van der Waals surface area contributed by atoms with Crippen molar-refractivity contribution in [1.29, 1.82) is 0 Å².